The first-order valence-electron chi connectivity index (χ1n) is 6.15. The zero-order valence-corrected chi connectivity index (χ0v) is 11.5. The van der Waals surface area contributed by atoms with Crippen LogP contribution < -0.4 is 0 Å². The van der Waals surface area contributed by atoms with Gasteiger partial charge in [-0.2, -0.15) is 0 Å². The molecule has 1 fully saturated rings. The van der Waals surface area contributed by atoms with Crippen LogP contribution >= 0.6 is 11.6 Å². The van der Waals surface area contributed by atoms with E-state index in [9.17, 15) is 4.79 Å². The summed E-state index contributed by atoms with van der Waals surface area (Å²) in [7, 11) is 0. The fourth-order valence-electron chi connectivity index (χ4n) is 2.09. The monoisotopic (exact) mass is 267 g/mol. The number of aryl methyl sites for hydroxylation is 2. The van der Waals surface area contributed by atoms with E-state index in [4.69, 9.17) is 16.3 Å². The van der Waals surface area contributed by atoms with Gasteiger partial charge < -0.3 is 9.64 Å². The quantitative estimate of drug-likeness (QED) is 0.770. The first-order valence-corrected chi connectivity index (χ1v) is 6.69. The third-order valence-electron chi connectivity index (χ3n) is 3.42. The molecule has 98 valence electrons. The summed E-state index contributed by atoms with van der Waals surface area (Å²) in [4.78, 5) is 14.3. The minimum Gasteiger partial charge on any atom is -0.377 e. The van der Waals surface area contributed by atoms with Crippen LogP contribution in [-0.2, 0) is 4.74 Å². The number of nitrogens with zero attached hydrogens (tertiary/aromatic N) is 1. The standard InChI is InChI=1S/C14H18ClNO2/c1-10-3-4-12(7-11(10)2)14(17)16-5-6-18-9-13(16)8-15/h3-4,7,13H,5-6,8-9H2,1-2H3. The van der Waals surface area contributed by atoms with Crippen molar-refractivity contribution in [1.82, 2.24) is 4.90 Å². The molecule has 0 aromatic heterocycles. The molecule has 0 aliphatic carbocycles. The van der Waals surface area contributed by atoms with Crippen molar-refractivity contribution in [2.24, 2.45) is 0 Å². The molecule has 1 atom stereocenters. The zero-order valence-electron chi connectivity index (χ0n) is 10.8. The molecule has 0 radical (unpaired) electrons. The number of hydrogen-bond acceptors (Lipinski definition) is 2. The van der Waals surface area contributed by atoms with E-state index in [0.717, 1.165) is 11.1 Å². The molecule has 0 bridgehead atoms. The fraction of sp³-hybridized carbons (Fsp3) is 0.500. The Labute approximate surface area is 113 Å². The molecule has 1 unspecified atom stereocenters. The van der Waals surface area contributed by atoms with Gasteiger partial charge in [0, 0.05) is 18.0 Å². The van der Waals surface area contributed by atoms with Crippen LogP contribution in [0.2, 0.25) is 0 Å². The van der Waals surface area contributed by atoms with E-state index < -0.39 is 0 Å². The lowest BCUT2D eigenvalue weighted by molar-refractivity contribution is 0.00456. The molecule has 2 rings (SSSR count). The van der Waals surface area contributed by atoms with Gasteiger partial charge in [0.1, 0.15) is 0 Å². The zero-order chi connectivity index (χ0) is 13.1. The number of hydrogen-bond donors (Lipinski definition) is 0. The fourth-order valence-corrected chi connectivity index (χ4v) is 2.35. The van der Waals surface area contributed by atoms with Gasteiger partial charge in [-0.3, -0.25) is 4.79 Å². The molecule has 0 spiro atoms. The third-order valence-corrected chi connectivity index (χ3v) is 3.78. The highest BCUT2D eigenvalue weighted by Gasteiger charge is 2.27. The van der Waals surface area contributed by atoms with Crippen LogP contribution in [0.5, 0.6) is 0 Å². The van der Waals surface area contributed by atoms with Crippen molar-refractivity contribution >= 4 is 17.5 Å². The average Bonchev–Trinajstić information content (AvgIpc) is 2.41. The van der Waals surface area contributed by atoms with Crippen LogP contribution in [0.1, 0.15) is 21.5 Å². The van der Waals surface area contributed by atoms with Crippen molar-refractivity contribution in [3.63, 3.8) is 0 Å². The molecule has 1 heterocycles. The van der Waals surface area contributed by atoms with E-state index in [0.29, 0.717) is 25.6 Å². The first-order chi connectivity index (χ1) is 8.63. The lowest BCUT2D eigenvalue weighted by Crippen LogP contribution is -2.49. The Bertz CT molecular complexity index is 447. The highest BCUT2D eigenvalue weighted by molar-refractivity contribution is 6.18. The molecule has 1 aromatic rings. The molecule has 1 aliphatic rings. The van der Waals surface area contributed by atoms with Crippen LogP contribution in [0.15, 0.2) is 18.2 Å². The second-order valence-electron chi connectivity index (χ2n) is 4.68. The van der Waals surface area contributed by atoms with Gasteiger partial charge >= 0.3 is 0 Å². The van der Waals surface area contributed by atoms with Crippen LogP contribution in [0, 0.1) is 13.8 Å². The summed E-state index contributed by atoms with van der Waals surface area (Å²) in [6.45, 7) is 5.79. The number of alkyl halides is 1. The second-order valence-corrected chi connectivity index (χ2v) is 4.99. The molecule has 0 saturated carbocycles. The van der Waals surface area contributed by atoms with E-state index in [2.05, 4.69) is 0 Å². The van der Waals surface area contributed by atoms with E-state index >= 15 is 0 Å². The van der Waals surface area contributed by atoms with Crippen LogP contribution in [0.3, 0.4) is 0 Å². The maximum Gasteiger partial charge on any atom is 0.254 e. The van der Waals surface area contributed by atoms with Gasteiger partial charge in [0.05, 0.1) is 19.3 Å². The van der Waals surface area contributed by atoms with Crippen molar-refractivity contribution in [2.45, 2.75) is 19.9 Å². The number of ether oxygens (including phenoxy) is 1. The molecule has 18 heavy (non-hydrogen) atoms. The van der Waals surface area contributed by atoms with Crippen LogP contribution in [-0.4, -0.2) is 42.5 Å². The molecule has 1 saturated heterocycles. The normalized spacial score (nSPS) is 19.9. The Balaban J connectivity index is 2.21. The van der Waals surface area contributed by atoms with Crippen molar-refractivity contribution in [3.05, 3.63) is 34.9 Å². The highest BCUT2D eigenvalue weighted by Crippen LogP contribution is 2.16. The molecule has 1 aliphatic heterocycles. The Hall–Kier alpha value is -1.06. The Kier molecular flexibility index (Phi) is 4.25. The maximum absolute atomic E-state index is 12.4. The number of carbonyl (C=O) groups excluding carboxylic acids is 1. The van der Waals surface area contributed by atoms with Gasteiger partial charge in [-0.25, -0.2) is 0 Å². The molecule has 3 nitrogen and oxygen atoms in total. The maximum atomic E-state index is 12.4. The van der Waals surface area contributed by atoms with Gasteiger partial charge in [-0.15, -0.1) is 11.6 Å². The molecule has 1 amide bonds. The van der Waals surface area contributed by atoms with Crippen LogP contribution in [0.4, 0.5) is 0 Å². The topological polar surface area (TPSA) is 29.5 Å². The van der Waals surface area contributed by atoms with Gasteiger partial charge in [0.2, 0.25) is 0 Å². The number of amides is 1. The van der Waals surface area contributed by atoms with Crippen molar-refractivity contribution in [3.8, 4) is 0 Å². The minimum absolute atomic E-state index is 0.0190. The van der Waals surface area contributed by atoms with E-state index in [1.807, 2.05) is 36.9 Å². The summed E-state index contributed by atoms with van der Waals surface area (Å²) in [5.74, 6) is 0.461. The van der Waals surface area contributed by atoms with Gasteiger partial charge in [0.25, 0.3) is 5.91 Å². The summed E-state index contributed by atoms with van der Waals surface area (Å²) in [6.07, 6.45) is 0. The van der Waals surface area contributed by atoms with Crippen LogP contribution in [0.25, 0.3) is 0 Å². The molecule has 4 heteroatoms. The number of benzene rings is 1. The van der Waals surface area contributed by atoms with E-state index in [1.54, 1.807) is 0 Å². The number of halogens is 1. The van der Waals surface area contributed by atoms with Crippen molar-refractivity contribution < 1.29 is 9.53 Å². The Morgan fingerprint density at radius 1 is 1.44 bits per heavy atom. The number of rotatable bonds is 2. The largest absolute Gasteiger partial charge is 0.377 e. The van der Waals surface area contributed by atoms with Gasteiger partial charge in [0.15, 0.2) is 0 Å². The minimum atomic E-state index is -0.0190. The lowest BCUT2D eigenvalue weighted by Gasteiger charge is -2.34. The Morgan fingerprint density at radius 2 is 2.22 bits per heavy atom. The number of morpholine rings is 1. The molecule has 0 N–H and O–H groups in total. The molecular weight excluding hydrogens is 250 g/mol. The summed E-state index contributed by atoms with van der Waals surface area (Å²) < 4.78 is 5.35. The SMILES string of the molecule is Cc1ccc(C(=O)N2CCOCC2CCl)cc1C. The summed E-state index contributed by atoms with van der Waals surface area (Å²) >= 11 is 5.89. The van der Waals surface area contributed by atoms with Gasteiger partial charge in [-0.1, -0.05) is 6.07 Å². The second kappa shape index (κ2) is 5.72. The lowest BCUT2D eigenvalue weighted by atomic mass is 10.0. The highest BCUT2D eigenvalue weighted by atomic mass is 35.5. The molecule has 1 aromatic carbocycles. The van der Waals surface area contributed by atoms with Gasteiger partial charge in [-0.05, 0) is 37.1 Å². The third kappa shape index (κ3) is 2.68. The summed E-state index contributed by atoms with van der Waals surface area (Å²) in [6, 6.07) is 5.79. The van der Waals surface area contributed by atoms with Crippen molar-refractivity contribution in [1.29, 1.82) is 0 Å². The predicted octanol–water partition coefficient (Wildman–Crippen LogP) is 2.38. The molecular formula is C14H18ClNO2. The summed E-state index contributed by atoms with van der Waals surface area (Å²) in [5, 5.41) is 0. The van der Waals surface area contributed by atoms with E-state index in [1.165, 1.54) is 5.56 Å². The predicted molar refractivity (Wildman–Crippen MR) is 72.3 cm³/mol. The smallest absolute Gasteiger partial charge is 0.254 e. The van der Waals surface area contributed by atoms with E-state index in [-0.39, 0.29) is 11.9 Å². The first kappa shape index (κ1) is 13.4. The average molecular weight is 268 g/mol. The van der Waals surface area contributed by atoms with Crippen molar-refractivity contribution in [2.75, 3.05) is 25.6 Å². The Morgan fingerprint density at radius 3 is 2.89 bits per heavy atom. The number of carbonyl (C=O) groups is 1. The summed E-state index contributed by atoms with van der Waals surface area (Å²) in [5.41, 5.74) is 3.06.